The Bertz CT molecular complexity index is 288. The maximum atomic E-state index is 9.58. The molecule has 116 valence electrons. The van der Waals surface area contributed by atoms with Crippen molar-refractivity contribution in [3.63, 3.8) is 0 Å². The van der Waals surface area contributed by atoms with Crippen molar-refractivity contribution in [1.29, 1.82) is 0 Å². The summed E-state index contributed by atoms with van der Waals surface area (Å²) in [6.45, 7) is 10.0. The summed E-state index contributed by atoms with van der Waals surface area (Å²) in [5.74, 6) is 0.905. The maximum absolute atomic E-state index is 9.58. The van der Waals surface area contributed by atoms with E-state index in [2.05, 4.69) is 22.0 Å². The molecule has 2 aliphatic heterocycles. The van der Waals surface area contributed by atoms with Crippen LogP contribution in [-0.4, -0.2) is 71.5 Å². The molecule has 2 saturated heterocycles. The van der Waals surface area contributed by atoms with Gasteiger partial charge in [-0.15, -0.1) is 0 Å². The van der Waals surface area contributed by atoms with Crippen molar-refractivity contribution in [2.24, 2.45) is 11.8 Å². The molecule has 0 aromatic rings. The van der Waals surface area contributed by atoms with Crippen molar-refractivity contribution in [1.82, 2.24) is 9.80 Å². The number of aliphatic hydroxyl groups excluding tert-OH is 2. The first-order valence-corrected chi connectivity index (χ1v) is 8.02. The van der Waals surface area contributed by atoms with Gasteiger partial charge in [0.05, 0.1) is 12.2 Å². The van der Waals surface area contributed by atoms with E-state index in [4.69, 9.17) is 0 Å². The molecule has 0 aliphatic carbocycles. The molecule has 0 saturated carbocycles. The van der Waals surface area contributed by atoms with Gasteiger partial charge in [-0.1, -0.05) is 12.2 Å². The molecule has 0 aromatic heterocycles. The Kier molecular flexibility index (Phi) is 6.02. The minimum atomic E-state index is -0.175. The molecule has 2 N–H and O–H groups in total. The lowest BCUT2D eigenvalue weighted by Crippen LogP contribution is -2.25. The standard InChI is InChI=1S/C16H30N2O2/c1-13(19)15-5-9-17(11-15)7-3-4-8-18-10-6-16(12-18)14(2)20/h3-4,13-16,19-20H,5-12H2,1-2H3/b4-3+. The van der Waals surface area contributed by atoms with Crippen molar-refractivity contribution in [3.8, 4) is 0 Å². The molecule has 0 radical (unpaired) electrons. The predicted molar refractivity (Wildman–Crippen MR) is 81.6 cm³/mol. The second-order valence-electron chi connectivity index (χ2n) is 6.57. The SMILES string of the molecule is CC(O)C1CCN(C/C=C/CN2CCC(C(C)O)C2)C1. The van der Waals surface area contributed by atoms with E-state index in [0.29, 0.717) is 11.8 Å². The second kappa shape index (κ2) is 7.55. The van der Waals surface area contributed by atoms with Crippen LogP contribution in [0, 0.1) is 11.8 Å². The summed E-state index contributed by atoms with van der Waals surface area (Å²) < 4.78 is 0. The number of nitrogens with zero attached hydrogens (tertiary/aromatic N) is 2. The van der Waals surface area contributed by atoms with Crippen LogP contribution < -0.4 is 0 Å². The van der Waals surface area contributed by atoms with E-state index in [1.165, 1.54) is 0 Å². The third kappa shape index (κ3) is 4.55. The predicted octanol–water partition coefficient (Wildman–Crippen LogP) is 0.948. The first-order chi connectivity index (χ1) is 9.56. The van der Waals surface area contributed by atoms with Gasteiger partial charge < -0.3 is 10.2 Å². The lowest BCUT2D eigenvalue weighted by molar-refractivity contribution is 0.128. The van der Waals surface area contributed by atoms with Crippen molar-refractivity contribution in [2.45, 2.75) is 38.9 Å². The van der Waals surface area contributed by atoms with Gasteiger partial charge in [-0.05, 0) is 51.6 Å². The normalized spacial score (nSPS) is 32.2. The minimum absolute atomic E-state index is 0.175. The Labute approximate surface area is 123 Å². The summed E-state index contributed by atoms with van der Waals surface area (Å²) in [6.07, 6.45) is 6.39. The van der Waals surface area contributed by atoms with Gasteiger partial charge in [0.15, 0.2) is 0 Å². The topological polar surface area (TPSA) is 46.9 Å². The van der Waals surface area contributed by atoms with Crippen LogP contribution >= 0.6 is 0 Å². The number of hydrogen-bond acceptors (Lipinski definition) is 4. The van der Waals surface area contributed by atoms with E-state index in [0.717, 1.165) is 52.1 Å². The highest BCUT2D eigenvalue weighted by Gasteiger charge is 2.26. The van der Waals surface area contributed by atoms with Crippen LogP contribution in [0.3, 0.4) is 0 Å². The zero-order chi connectivity index (χ0) is 14.5. The average molecular weight is 282 g/mol. The van der Waals surface area contributed by atoms with Gasteiger partial charge >= 0.3 is 0 Å². The van der Waals surface area contributed by atoms with E-state index in [1.807, 2.05) is 13.8 Å². The lowest BCUT2D eigenvalue weighted by Gasteiger charge is -2.16. The smallest absolute Gasteiger partial charge is 0.0552 e. The van der Waals surface area contributed by atoms with Crippen molar-refractivity contribution in [3.05, 3.63) is 12.2 Å². The van der Waals surface area contributed by atoms with Gasteiger partial charge in [-0.3, -0.25) is 9.80 Å². The van der Waals surface area contributed by atoms with E-state index in [9.17, 15) is 10.2 Å². The van der Waals surface area contributed by atoms with Crippen LogP contribution in [0.15, 0.2) is 12.2 Å². The largest absolute Gasteiger partial charge is 0.393 e. The van der Waals surface area contributed by atoms with Crippen molar-refractivity contribution >= 4 is 0 Å². The van der Waals surface area contributed by atoms with Gasteiger partial charge in [-0.25, -0.2) is 0 Å². The van der Waals surface area contributed by atoms with Crippen LogP contribution in [0.25, 0.3) is 0 Å². The molecular formula is C16H30N2O2. The Morgan fingerprint density at radius 1 is 0.900 bits per heavy atom. The molecule has 4 heteroatoms. The highest BCUT2D eigenvalue weighted by Crippen LogP contribution is 2.20. The van der Waals surface area contributed by atoms with Gasteiger partial charge in [-0.2, -0.15) is 0 Å². The Hall–Kier alpha value is -0.420. The first-order valence-electron chi connectivity index (χ1n) is 8.02. The fourth-order valence-electron chi connectivity index (χ4n) is 3.29. The summed E-state index contributed by atoms with van der Waals surface area (Å²) >= 11 is 0. The number of likely N-dealkylation sites (tertiary alicyclic amines) is 2. The Morgan fingerprint density at radius 3 is 1.60 bits per heavy atom. The van der Waals surface area contributed by atoms with Crippen LogP contribution in [0.2, 0.25) is 0 Å². The minimum Gasteiger partial charge on any atom is -0.393 e. The summed E-state index contributed by atoms with van der Waals surface area (Å²) in [5.41, 5.74) is 0. The Balaban J connectivity index is 1.61. The Morgan fingerprint density at radius 2 is 1.30 bits per heavy atom. The van der Waals surface area contributed by atoms with Crippen LogP contribution in [0.5, 0.6) is 0 Å². The molecule has 0 spiro atoms. The van der Waals surface area contributed by atoms with Crippen molar-refractivity contribution < 1.29 is 10.2 Å². The summed E-state index contributed by atoms with van der Waals surface area (Å²) in [6, 6.07) is 0. The zero-order valence-corrected chi connectivity index (χ0v) is 12.9. The molecule has 2 fully saturated rings. The molecule has 2 aliphatic rings. The van der Waals surface area contributed by atoms with Crippen LogP contribution in [0.1, 0.15) is 26.7 Å². The molecular weight excluding hydrogens is 252 g/mol. The molecule has 2 rings (SSSR count). The number of aliphatic hydroxyl groups is 2. The summed E-state index contributed by atoms with van der Waals surface area (Å²) in [7, 11) is 0. The van der Waals surface area contributed by atoms with Gasteiger partial charge in [0.2, 0.25) is 0 Å². The fraction of sp³-hybridized carbons (Fsp3) is 0.875. The quantitative estimate of drug-likeness (QED) is 0.712. The molecule has 0 aromatic carbocycles. The third-order valence-electron chi connectivity index (χ3n) is 4.88. The van der Waals surface area contributed by atoms with Gasteiger partial charge in [0, 0.05) is 26.2 Å². The number of hydrogen-bond donors (Lipinski definition) is 2. The highest BCUT2D eigenvalue weighted by molar-refractivity contribution is 4.92. The summed E-state index contributed by atoms with van der Waals surface area (Å²) in [5, 5.41) is 19.2. The average Bonchev–Trinajstić information content (AvgIpc) is 3.04. The molecule has 4 nitrogen and oxygen atoms in total. The van der Waals surface area contributed by atoms with Crippen molar-refractivity contribution in [2.75, 3.05) is 39.3 Å². The van der Waals surface area contributed by atoms with Crippen LogP contribution in [-0.2, 0) is 0 Å². The molecule has 20 heavy (non-hydrogen) atoms. The van der Waals surface area contributed by atoms with E-state index in [1.54, 1.807) is 0 Å². The van der Waals surface area contributed by atoms with Gasteiger partial charge in [0.1, 0.15) is 0 Å². The highest BCUT2D eigenvalue weighted by atomic mass is 16.3. The van der Waals surface area contributed by atoms with E-state index in [-0.39, 0.29) is 12.2 Å². The molecule has 2 heterocycles. The zero-order valence-electron chi connectivity index (χ0n) is 12.9. The molecule has 4 unspecified atom stereocenters. The first kappa shape index (κ1) is 16.0. The lowest BCUT2D eigenvalue weighted by atomic mass is 10.0. The third-order valence-corrected chi connectivity index (χ3v) is 4.88. The molecule has 0 bridgehead atoms. The molecule has 4 atom stereocenters. The molecule has 0 amide bonds. The van der Waals surface area contributed by atoms with Gasteiger partial charge in [0.25, 0.3) is 0 Å². The second-order valence-corrected chi connectivity index (χ2v) is 6.57. The number of rotatable bonds is 6. The monoisotopic (exact) mass is 282 g/mol. The van der Waals surface area contributed by atoms with E-state index < -0.39 is 0 Å². The van der Waals surface area contributed by atoms with Crippen LogP contribution in [0.4, 0.5) is 0 Å². The fourth-order valence-corrected chi connectivity index (χ4v) is 3.29. The summed E-state index contributed by atoms with van der Waals surface area (Å²) in [4.78, 5) is 4.83. The van der Waals surface area contributed by atoms with E-state index >= 15 is 0 Å². The maximum Gasteiger partial charge on any atom is 0.0552 e.